The van der Waals surface area contributed by atoms with Gasteiger partial charge in [0.2, 0.25) is 0 Å². The van der Waals surface area contributed by atoms with Crippen molar-refractivity contribution in [2.75, 3.05) is 6.61 Å². The Morgan fingerprint density at radius 1 is 1.45 bits per heavy atom. The number of nitrogens with zero attached hydrogens (tertiary/aromatic N) is 1. The number of pyridine rings is 1. The molecule has 0 radical (unpaired) electrons. The Balaban J connectivity index is 3.53. The Labute approximate surface area is 110 Å². The molecule has 112 valence electrons. The zero-order chi connectivity index (χ0) is 15.5. The first-order chi connectivity index (χ1) is 9.22. The molecule has 1 aromatic heterocycles. The van der Waals surface area contributed by atoms with Crippen molar-refractivity contribution in [3.05, 3.63) is 28.6 Å². The highest BCUT2D eigenvalue weighted by Gasteiger charge is 2.36. The Hall–Kier alpha value is -1.77. The summed E-state index contributed by atoms with van der Waals surface area (Å²) >= 11 is 0. The summed E-state index contributed by atoms with van der Waals surface area (Å²) < 4.78 is 67.9. The maximum atomic E-state index is 12.8. The fourth-order valence-corrected chi connectivity index (χ4v) is 1.51. The maximum absolute atomic E-state index is 12.8. The van der Waals surface area contributed by atoms with Gasteiger partial charge in [-0.05, 0) is 13.0 Å². The van der Waals surface area contributed by atoms with Crippen LogP contribution in [0.2, 0.25) is 0 Å². The van der Waals surface area contributed by atoms with Gasteiger partial charge in [0.1, 0.15) is 5.69 Å². The summed E-state index contributed by atoms with van der Waals surface area (Å²) in [5.41, 5.74) is 1.37. The van der Waals surface area contributed by atoms with E-state index in [-0.39, 0.29) is 12.7 Å². The lowest BCUT2D eigenvalue weighted by Crippen LogP contribution is -2.20. The average Bonchev–Trinajstić information content (AvgIpc) is 2.36. The molecule has 0 saturated carbocycles. The van der Waals surface area contributed by atoms with Crippen molar-refractivity contribution in [3.8, 4) is 0 Å². The minimum Gasteiger partial charge on any atom is -0.461 e. The molecule has 1 rings (SSSR count). The molecule has 0 fully saturated rings. The lowest BCUT2D eigenvalue weighted by atomic mass is 10.0. The fourth-order valence-electron chi connectivity index (χ4n) is 1.51. The molecule has 0 aromatic carbocycles. The number of nitrogens with two attached hydrogens (primary N) is 1. The lowest BCUT2D eigenvalue weighted by Gasteiger charge is -2.15. The zero-order valence-corrected chi connectivity index (χ0v) is 10.3. The third-order valence-corrected chi connectivity index (χ3v) is 2.36. The standard InChI is InChI=1S/C11H11F5N2O2/c1-2-20-10(19)8-6(4-17)5(9(12)13)3-7(18-8)11(14,15)16/h3,9H,2,4,17H2,1H3. The minimum atomic E-state index is -4.96. The first kappa shape index (κ1) is 16.3. The first-order valence-corrected chi connectivity index (χ1v) is 5.48. The van der Waals surface area contributed by atoms with Crippen molar-refractivity contribution in [3.63, 3.8) is 0 Å². The number of carbonyl (C=O) groups is 1. The van der Waals surface area contributed by atoms with E-state index in [4.69, 9.17) is 5.73 Å². The summed E-state index contributed by atoms with van der Waals surface area (Å²) in [6.07, 6.45) is -8.18. The van der Waals surface area contributed by atoms with Crippen LogP contribution in [0.5, 0.6) is 0 Å². The molecule has 0 atom stereocenters. The van der Waals surface area contributed by atoms with Crippen molar-refractivity contribution < 1.29 is 31.5 Å². The lowest BCUT2D eigenvalue weighted by molar-refractivity contribution is -0.141. The van der Waals surface area contributed by atoms with Crippen molar-refractivity contribution in [2.24, 2.45) is 5.73 Å². The smallest absolute Gasteiger partial charge is 0.433 e. The molecule has 4 nitrogen and oxygen atoms in total. The van der Waals surface area contributed by atoms with Crippen molar-refractivity contribution >= 4 is 5.97 Å². The van der Waals surface area contributed by atoms with E-state index in [1.165, 1.54) is 6.92 Å². The number of hydrogen-bond acceptors (Lipinski definition) is 4. The molecule has 1 heterocycles. The van der Waals surface area contributed by atoms with Gasteiger partial charge in [-0.25, -0.2) is 18.6 Å². The van der Waals surface area contributed by atoms with Gasteiger partial charge in [0.15, 0.2) is 5.69 Å². The summed E-state index contributed by atoms with van der Waals surface area (Å²) in [5, 5.41) is 0. The Kier molecular flexibility index (Phi) is 4.98. The number of esters is 1. The second-order valence-corrected chi connectivity index (χ2v) is 3.65. The molecule has 0 aliphatic rings. The van der Waals surface area contributed by atoms with Crippen LogP contribution in [0.1, 0.15) is 40.7 Å². The van der Waals surface area contributed by atoms with Crippen LogP contribution in [0, 0.1) is 0 Å². The molecule has 0 unspecified atom stereocenters. The van der Waals surface area contributed by atoms with E-state index in [0.29, 0.717) is 0 Å². The highest BCUT2D eigenvalue weighted by atomic mass is 19.4. The molecule has 1 aromatic rings. The van der Waals surface area contributed by atoms with E-state index in [0.717, 1.165) is 0 Å². The summed E-state index contributed by atoms with van der Waals surface area (Å²) in [7, 11) is 0. The molecule has 2 N–H and O–H groups in total. The van der Waals surface area contributed by atoms with Crippen LogP contribution < -0.4 is 5.73 Å². The van der Waals surface area contributed by atoms with E-state index in [1.54, 1.807) is 0 Å². The molecule has 0 aliphatic carbocycles. The van der Waals surface area contributed by atoms with Gasteiger partial charge in [-0.2, -0.15) is 13.2 Å². The van der Waals surface area contributed by atoms with Gasteiger partial charge >= 0.3 is 12.1 Å². The van der Waals surface area contributed by atoms with Crippen molar-refractivity contribution in [2.45, 2.75) is 26.1 Å². The number of ether oxygens (including phenoxy) is 1. The number of aromatic nitrogens is 1. The number of rotatable bonds is 4. The highest BCUT2D eigenvalue weighted by molar-refractivity contribution is 5.89. The normalized spacial score (nSPS) is 11.8. The van der Waals surface area contributed by atoms with Crippen LogP contribution in [0.4, 0.5) is 22.0 Å². The minimum absolute atomic E-state index is 0.134. The third-order valence-electron chi connectivity index (χ3n) is 2.36. The number of carbonyl (C=O) groups excluding carboxylic acids is 1. The van der Waals surface area contributed by atoms with Crippen molar-refractivity contribution in [1.82, 2.24) is 4.98 Å². The second-order valence-electron chi connectivity index (χ2n) is 3.65. The second kappa shape index (κ2) is 6.12. The van der Waals surface area contributed by atoms with E-state index in [9.17, 15) is 26.7 Å². The fraction of sp³-hybridized carbons (Fsp3) is 0.455. The van der Waals surface area contributed by atoms with Crippen LogP contribution in [0.15, 0.2) is 6.07 Å². The molecule has 20 heavy (non-hydrogen) atoms. The molecule has 9 heteroatoms. The molecule has 0 bridgehead atoms. The summed E-state index contributed by atoms with van der Waals surface area (Å²) in [6, 6.07) is 0.190. The van der Waals surface area contributed by atoms with Crippen LogP contribution in [0.3, 0.4) is 0 Å². The van der Waals surface area contributed by atoms with E-state index in [2.05, 4.69) is 9.72 Å². The van der Waals surface area contributed by atoms with Gasteiger partial charge in [0.05, 0.1) is 6.61 Å². The third kappa shape index (κ3) is 3.41. The van der Waals surface area contributed by atoms with Gasteiger partial charge in [-0.1, -0.05) is 0 Å². The molecular weight excluding hydrogens is 287 g/mol. The maximum Gasteiger partial charge on any atom is 0.433 e. The Morgan fingerprint density at radius 2 is 2.05 bits per heavy atom. The van der Waals surface area contributed by atoms with Crippen LogP contribution in [-0.2, 0) is 17.5 Å². The van der Waals surface area contributed by atoms with E-state index in [1.807, 2.05) is 0 Å². The van der Waals surface area contributed by atoms with Crippen LogP contribution in [0.25, 0.3) is 0 Å². The van der Waals surface area contributed by atoms with Crippen LogP contribution >= 0.6 is 0 Å². The average molecular weight is 298 g/mol. The Bertz CT molecular complexity index is 502. The molecule has 0 aliphatic heterocycles. The number of hydrogen-bond donors (Lipinski definition) is 1. The van der Waals surface area contributed by atoms with Gasteiger partial charge in [-0.3, -0.25) is 0 Å². The van der Waals surface area contributed by atoms with E-state index < -0.39 is 47.6 Å². The monoisotopic (exact) mass is 298 g/mol. The SMILES string of the molecule is CCOC(=O)c1nc(C(F)(F)F)cc(C(F)F)c1CN. The van der Waals surface area contributed by atoms with Gasteiger partial charge in [-0.15, -0.1) is 0 Å². The summed E-state index contributed by atoms with van der Waals surface area (Å²) in [6.45, 7) is 0.728. The van der Waals surface area contributed by atoms with Crippen LogP contribution in [-0.4, -0.2) is 17.6 Å². The van der Waals surface area contributed by atoms with Gasteiger partial charge in [0, 0.05) is 17.7 Å². The number of alkyl halides is 5. The predicted octanol–water partition coefficient (Wildman–Crippen LogP) is 2.67. The molecule has 0 amide bonds. The number of halogens is 5. The zero-order valence-electron chi connectivity index (χ0n) is 10.3. The topological polar surface area (TPSA) is 65.2 Å². The van der Waals surface area contributed by atoms with Gasteiger partial charge in [0.25, 0.3) is 6.43 Å². The molecule has 0 saturated heterocycles. The molecule has 0 spiro atoms. The largest absolute Gasteiger partial charge is 0.461 e. The van der Waals surface area contributed by atoms with Gasteiger partial charge < -0.3 is 10.5 Å². The first-order valence-electron chi connectivity index (χ1n) is 5.48. The molecular formula is C11H11F5N2O2. The quantitative estimate of drug-likeness (QED) is 0.685. The van der Waals surface area contributed by atoms with Crippen molar-refractivity contribution in [1.29, 1.82) is 0 Å². The summed E-state index contributed by atoms with van der Waals surface area (Å²) in [4.78, 5) is 14.6. The highest BCUT2D eigenvalue weighted by Crippen LogP contribution is 2.33. The Morgan fingerprint density at radius 3 is 2.45 bits per heavy atom. The predicted molar refractivity (Wildman–Crippen MR) is 58.0 cm³/mol. The van der Waals surface area contributed by atoms with E-state index >= 15 is 0 Å². The summed E-state index contributed by atoms with van der Waals surface area (Å²) in [5.74, 6) is -1.22.